The average molecular weight is 451 g/mol. The number of hydrogen-bond donors (Lipinski definition) is 0. The predicted molar refractivity (Wildman–Crippen MR) is 117 cm³/mol. The van der Waals surface area contributed by atoms with Crippen molar-refractivity contribution >= 4 is 42.6 Å². The normalized spacial score (nSPS) is 12.1. The van der Waals surface area contributed by atoms with Crippen molar-refractivity contribution in [1.29, 1.82) is 0 Å². The molecule has 3 aromatic rings. The Hall–Kier alpha value is -2.40. The van der Waals surface area contributed by atoms with Crippen LogP contribution in [0.5, 0.6) is 0 Å². The number of nitrogens with zero attached hydrogens (tertiary/aromatic N) is 4. The minimum absolute atomic E-state index is 0.103. The first-order valence-corrected chi connectivity index (χ1v) is 11.4. The Balaban J connectivity index is 1.97. The molecule has 0 aliphatic rings. The Morgan fingerprint density at radius 1 is 1.03 bits per heavy atom. The van der Waals surface area contributed by atoms with Gasteiger partial charge in [-0.1, -0.05) is 17.4 Å². The number of carbonyl (C=O) groups excluding carboxylic acids is 1. The number of anilines is 1. The maximum atomic E-state index is 14.1. The summed E-state index contributed by atoms with van der Waals surface area (Å²) < 4.78 is 40.4. The third-order valence-corrected chi connectivity index (χ3v) is 7.36. The summed E-state index contributed by atoms with van der Waals surface area (Å²) in [7, 11) is 3.09. The molecule has 10 heteroatoms. The molecule has 0 unspecified atom stereocenters. The second-order valence-electron chi connectivity index (χ2n) is 7.15. The maximum Gasteiger partial charge on any atom is 0.260 e. The molecule has 1 heterocycles. The van der Waals surface area contributed by atoms with E-state index in [1.165, 1.54) is 60.7 Å². The van der Waals surface area contributed by atoms with Crippen LogP contribution in [-0.4, -0.2) is 69.8 Å². The Kier molecular flexibility index (Phi) is 6.51. The molecule has 1 amide bonds. The van der Waals surface area contributed by atoms with Gasteiger partial charge >= 0.3 is 0 Å². The van der Waals surface area contributed by atoms with Gasteiger partial charge in [-0.25, -0.2) is 22.1 Å². The highest BCUT2D eigenvalue weighted by Gasteiger charge is 2.23. The molecule has 0 bridgehead atoms. The van der Waals surface area contributed by atoms with Gasteiger partial charge in [0, 0.05) is 32.7 Å². The van der Waals surface area contributed by atoms with Crippen LogP contribution in [0.3, 0.4) is 0 Å². The number of hydrogen-bond acceptors (Lipinski definition) is 6. The molecule has 0 fully saturated rings. The van der Waals surface area contributed by atoms with Crippen LogP contribution in [0.15, 0.2) is 47.4 Å². The summed E-state index contributed by atoms with van der Waals surface area (Å²) in [5.41, 5.74) is 0.554. The zero-order valence-electron chi connectivity index (χ0n) is 17.2. The lowest BCUT2D eigenvalue weighted by Crippen LogP contribution is -2.36. The number of aromatic nitrogens is 1. The smallest absolute Gasteiger partial charge is 0.260 e. The van der Waals surface area contributed by atoms with Crippen LogP contribution in [0, 0.1) is 5.82 Å². The summed E-state index contributed by atoms with van der Waals surface area (Å²) >= 11 is 1.24. The molecule has 7 nitrogen and oxygen atoms in total. The minimum atomic E-state index is -3.59. The number of carbonyl (C=O) groups is 1. The monoisotopic (exact) mass is 450 g/mol. The fraction of sp³-hybridized carbons (Fsp3) is 0.300. The number of halogens is 1. The molecule has 0 spiro atoms. The van der Waals surface area contributed by atoms with Gasteiger partial charge in [-0.05, 0) is 50.5 Å². The zero-order valence-corrected chi connectivity index (χ0v) is 18.8. The second-order valence-corrected chi connectivity index (χ2v) is 10.3. The third kappa shape index (κ3) is 4.51. The van der Waals surface area contributed by atoms with Gasteiger partial charge in [0.1, 0.15) is 11.3 Å². The first-order chi connectivity index (χ1) is 14.1. The fourth-order valence-electron chi connectivity index (χ4n) is 2.74. The third-order valence-electron chi connectivity index (χ3n) is 4.49. The topological polar surface area (TPSA) is 73.8 Å². The molecule has 0 aliphatic heterocycles. The average Bonchev–Trinajstić information content (AvgIpc) is 3.13. The summed E-state index contributed by atoms with van der Waals surface area (Å²) in [6.07, 6.45) is 0. The van der Waals surface area contributed by atoms with E-state index in [0.29, 0.717) is 28.5 Å². The van der Waals surface area contributed by atoms with Crippen LogP contribution in [-0.2, 0) is 10.0 Å². The molecule has 0 atom stereocenters. The number of sulfonamides is 1. The first-order valence-electron chi connectivity index (χ1n) is 9.15. The second kappa shape index (κ2) is 8.76. The lowest BCUT2D eigenvalue weighted by molar-refractivity contribution is 0.0985. The van der Waals surface area contributed by atoms with Crippen molar-refractivity contribution in [2.75, 3.05) is 46.2 Å². The summed E-state index contributed by atoms with van der Waals surface area (Å²) in [4.78, 5) is 21.1. The molecular formula is C20H23FN4O3S2. The molecule has 0 saturated heterocycles. The Bertz CT molecular complexity index is 1160. The Labute approximate surface area is 179 Å². The lowest BCUT2D eigenvalue weighted by Gasteiger charge is -2.22. The van der Waals surface area contributed by atoms with E-state index in [0.717, 1.165) is 4.31 Å². The van der Waals surface area contributed by atoms with E-state index in [1.54, 1.807) is 12.1 Å². The van der Waals surface area contributed by atoms with Gasteiger partial charge in [0.2, 0.25) is 10.0 Å². The van der Waals surface area contributed by atoms with Crippen LogP contribution >= 0.6 is 11.3 Å². The van der Waals surface area contributed by atoms with E-state index in [-0.39, 0.29) is 16.3 Å². The lowest BCUT2D eigenvalue weighted by atomic mass is 10.2. The van der Waals surface area contributed by atoms with Crippen molar-refractivity contribution in [1.82, 2.24) is 14.2 Å². The zero-order chi connectivity index (χ0) is 22.1. The molecule has 0 N–H and O–H groups in total. The molecule has 0 radical (unpaired) electrons. The van der Waals surface area contributed by atoms with Crippen LogP contribution in [0.1, 0.15) is 10.4 Å². The van der Waals surface area contributed by atoms with E-state index in [4.69, 9.17) is 0 Å². The Morgan fingerprint density at radius 2 is 1.70 bits per heavy atom. The van der Waals surface area contributed by atoms with Crippen molar-refractivity contribution in [2.45, 2.75) is 4.90 Å². The van der Waals surface area contributed by atoms with Crippen LogP contribution in [0.4, 0.5) is 9.52 Å². The van der Waals surface area contributed by atoms with Crippen molar-refractivity contribution in [3.8, 4) is 0 Å². The van der Waals surface area contributed by atoms with E-state index < -0.39 is 15.8 Å². The van der Waals surface area contributed by atoms with Crippen molar-refractivity contribution in [3.63, 3.8) is 0 Å². The van der Waals surface area contributed by atoms with Gasteiger partial charge in [0.05, 0.1) is 9.60 Å². The summed E-state index contributed by atoms with van der Waals surface area (Å²) in [6, 6.07) is 10.5. The van der Waals surface area contributed by atoms with Gasteiger partial charge in [0.15, 0.2) is 5.13 Å². The predicted octanol–water partition coefficient (Wildman–Crippen LogP) is 2.89. The van der Waals surface area contributed by atoms with Crippen molar-refractivity contribution in [3.05, 3.63) is 53.8 Å². The van der Waals surface area contributed by atoms with Crippen molar-refractivity contribution in [2.24, 2.45) is 0 Å². The number of rotatable bonds is 7. The summed E-state index contributed by atoms with van der Waals surface area (Å²) in [5.74, 6) is -0.765. The van der Waals surface area contributed by atoms with Gasteiger partial charge in [-0.15, -0.1) is 0 Å². The molecule has 1 aromatic heterocycles. The molecule has 30 heavy (non-hydrogen) atoms. The minimum Gasteiger partial charge on any atom is -0.308 e. The molecule has 0 saturated carbocycles. The highest BCUT2D eigenvalue weighted by atomic mass is 32.2. The number of likely N-dealkylation sites (N-methyl/N-ethyl adjacent to an activating group) is 1. The molecule has 0 aliphatic carbocycles. The molecule has 2 aromatic carbocycles. The van der Waals surface area contributed by atoms with Gasteiger partial charge in [-0.2, -0.15) is 0 Å². The Morgan fingerprint density at radius 3 is 2.27 bits per heavy atom. The number of para-hydroxylation sites is 1. The highest BCUT2D eigenvalue weighted by molar-refractivity contribution is 7.89. The highest BCUT2D eigenvalue weighted by Crippen LogP contribution is 2.31. The molecule has 160 valence electrons. The summed E-state index contributed by atoms with van der Waals surface area (Å²) in [5, 5.41) is 0.395. The molecule has 3 rings (SSSR count). The van der Waals surface area contributed by atoms with E-state index in [1.807, 2.05) is 19.0 Å². The van der Waals surface area contributed by atoms with Crippen LogP contribution < -0.4 is 4.90 Å². The largest absolute Gasteiger partial charge is 0.308 e. The van der Waals surface area contributed by atoms with E-state index in [9.17, 15) is 17.6 Å². The number of benzene rings is 2. The van der Waals surface area contributed by atoms with Crippen LogP contribution in [0.25, 0.3) is 10.2 Å². The van der Waals surface area contributed by atoms with Gasteiger partial charge in [-0.3, -0.25) is 9.69 Å². The first kappa shape index (κ1) is 22.3. The van der Waals surface area contributed by atoms with E-state index in [2.05, 4.69) is 4.98 Å². The van der Waals surface area contributed by atoms with Gasteiger partial charge in [0.25, 0.3) is 5.91 Å². The number of amides is 1. The SMILES string of the molecule is CN(C)CCN(C(=O)c1ccc(S(=O)(=O)N(C)C)cc1)c1nc2c(F)cccc2s1. The number of thiazole rings is 1. The van der Waals surface area contributed by atoms with E-state index >= 15 is 0 Å². The van der Waals surface area contributed by atoms with Gasteiger partial charge < -0.3 is 4.90 Å². The standard InChI is InChI=1S/C20H23FN4O3S2/c1-23(2)12-13-25(20-22-18-16(21)6-5-7-17(18)29-20)19(26)14-8-10-15(11-9-14)30(27,28)24(3)4/h5-11H,12-13H2,1-4H3. The fourth-order valence-corrected chi connectivity index (χ4v) is 4.64. The van der Waals surface area contributed by atoms with Crippen LogP contribution in [0.2, 0.25) is 0 Å². The summed E-state index contributed by atoms with van der Waals surface area (Å²) in [6.45, 7) is 0.933. The quantitative estimate of drug-likeness (QED) is 0.553. The number of fused-ring (bicyclic) bond motifs is 1. The maximum absolute atomic E-state index is 14.1. The molecular weight excluding hydrogens is 427 g/mol. The van der Waals surface area contributed by atoms with Crippen molar-refractivity contribution < 1.29 is 17.6 Å².